The third-order valence-electron chi connectivity index (χ3n) is 1.86. The van der Waals surface area contributed by atoms with E-state index in [1.54, 1.807) is 12.3 Å². The van der Waals surface area contributed by atoms with Crippen molar-refractivity contribution in [2.75, 3.05) is 0 Å². The van der Waals surface area contributed by atoms with Crippen LogP contribution in [0.15, 0.2) is 18.3 Å². The molecule has 1 aromatic rings. The van der Waals surface area contributed by atoms with Gasteiger partial charge in [-0.15, -0.1) is 0 Å². The van der Waals surface area contributed by atoms with Crippen molar-refractivity contribution in [2.24, 2.45) is 5.73 Å². The van der Waals surface area contributed by atoms with Crippen LogP contribution in [0.2, 0.25) is 0 Å². The van der Waals surface area contributed by atoms with Gasteiger partial charge in [0.05, 0.1) is 11.3 Å². The van der Waals surface area contributed by atoms with Gasteiger partial charge >= 0.3 is 5.97 Å². The first-order valence-electron chi connectivity index (χ1n) is 4.10. The fourth-order valence-electron chi connectivity index (χ4n) is 1.09. The van der Waals surface area contributed by atoms with Crippen LogP contribution in [0, 0.1) is 0 Å². The number of carbonyl (C=O) groups is 1. The Labute approximate surface area is 76.4 Å². The van der Waals surface area contributed by atoms with Gasteiger partial charge in [-0.1, -0.05) is 6.92 Å². The molecule has 0 bridgehead atoms. The number of aromatic nitrogens is 1. The van der Waals surface area contributed by atoms with E-state index in [9.17, 15) is 4.79 Å². The first-order valence-corrected chi connectivity index (χ1v) is 4.10. The molecule has 1 unspecified atom stereocenters. The Balaban J connectivity index is 3.11. The zero-order chi connectivity index (χ0) is 9.84. The number of pyridine rings is 1. The summed E-state index contributed by atoms with van der Waals surface area (Å²) in [5.74, 6) is -0.980. The molecule has 1 heterocycles. The van der Waals surface area contributed by atoms with Crippen LogP contribution in [-0.2, 0) is 0 Å². The molecule has 3 N–H and O–H groups in total. The second kappa shape index (κ2) is 4.00. The molecule has 1 atom stereocenters. The molecule has 4 heteroatoms. The molecule has 0 radical (unpaired) electrons. The number of nitrogens with two attached hydrogens (primary N) is 1. The van der Waals surface area contributed by atoms with Crippen LogP contribution in [0.5, 0.6) is 0 Å². The minimum atomic E-state index is -0.980. The molecule has 0 saturated heterocycles. The predicted molar refractivity (Wildman–Crippen MR) is 48.4 cm³/mol. The molecule has 70 valence electrons. The number of nitrogens with zero attached hydrogens (tertiary/aromatic N) is 1. The molecule has 0 saturated carbocycles. The minimum Gasteiger partial charge on any atom is -0.478 e. The lowest BCUT2D eigenvalue weighted by atomic mass is 10.1. The van der Waals surface area contributed by atoms with Gasteiger partial charge in [-0.2, -0.15) is 0 Å². The third-order valence-corrected chi connectivity index (χ3v) is 1.86. The largest absolute Gasteiger partial charge is 0.478 e. The summed E-state index contributed by atoms with van der Waals surface area (Å²) in [5, 5.41) is 8.81. The highest BCUT2D eigenvalue weighted by Gasteiger charge is 2.14. The van der Waals surface area contributed by atoms with Crippen molar-refractivity contribution < 1.29 is 9.90 Å². The van der Waals surface area contributed by atoms with E-state index in [-0.39, 0.29) is 11.6 Å². The topological polar surface area (TPSA) is 76.2 Å². The normalized spacial score (nSPS) is 12.5. The molecule has 1 rings (SSSR count). The first kappa shape index (κ1) is 9.67. The quantitative estimate of drug-likeness (QED) is 0.732. The van der Waals surface area contributed by atoms with Gasteiger partial charge in [-0.3, -0.25) is 4.98 Å². The summed E-state index contributed by atoms with van der Waals surface area (Å²) >= 11 is 0. The number of hydrogen-bond donors (Lipinski definition) is 2. The molecule has 0 aromatic carbocycles. The predicted octanol–water partition coefficient (Wildman–Crippen LogP) is 1.19. The zero-order valence-corrected chi connectivity index (χ0v) is 7.40. The van der Waals surface area contributed by atoms with Crippen molar-refractivity contribution >= 4 is 5.97 Å². The van der Waals surface area contributed by atoms with Crippen molar-refractivity contribution in [3.63, 3.8) is 0 Å². The van der Waals surface area contributed by atoms with E-state index in [2.05, 4.69) is 4.98 Å². The highest BCUT2D eigenvalue weighted by Crippen LogP contribution is 2.15. The summed E-state index contributed by atoms with van der Waals surface area (Å²) in [6.45, 7) is 1.89. The van der Waals surface area contributed by atoms with E-state index in [4.69, 9.17) is 10.8 Å². The molecule has 4 nitrogen and oxygen atoms in total. The number of hydrogen-bond acceptors (Lipinski definition) is 3. The monoisotopic (exact) mass is 180 g/mol. The second-order valence-electron chi connectivity index (χ2n) is 2.76. The Morgan fingerprint density at radius 1 is 1.77 bits per heavy atom. The molecule has 13 heavy (non-hydrogen) atoms. The average Bonchev–Trinajstić information content (AvgIpc) is 2.16. The summed E-state index contributed by atoms with van der Waals surface area (Å²) < 4.78 is 0. The third kappa shape index (κ3) is 2.03. The van der Waals surface area contributed by atoms with E-state index in [0.717, 1.165) is 0 Å². The average molecular weight is 180 g/mol. The lowest BCUT2D eigenvalue weighted by Crippen LogP contribution is -2.15. The zero-order valence-electron chi connectivity index (χ0n) is 7.40. The van der Waals surface area contributed by atoms with E-state index in [1.165, 1.54) is 6.07 Å². The Morgan fingerprint density at radius 3 is 3.00 bits per heavy atom. The fraction of sp³-hybridized carbons (Fsp3) is 0.333. The standard InChI is InChI=1S/C9H12N2O2/c1-2-7(10)8-6(9(12)13)4-3-5-11-8/h3-5,7H,2,10H2,1H3,(H,12,13). The summed E-state index contributed by atoms with van der Waals surface area (Å²) in [6, 6.07) is 2.81. The van der Waals surface area contributed by atoms with Gasteiger partial charge in [0.25, 0.3) is 0 Å². The molecule has 0 fully saturated rings. The number of rotatable bonds is 3. The van der Waals surface area contributed by atoms with Gasteiger partial charge in [0.1, 0.15) is 0 Å². The first-order chi connectivity index (χ1) is 6.16. The van der Waals surface area contributed by atoms with Gasteiger partial charge in [0, 0.05) is 12.2 Å². The summed E-state index contributed by atoms with van der Waals surface area (Å²) in [5.41, 5.74) is 6.35. The van der Waals surface area contributed by atoms with E-state index < -0.39 is 5.97 Å². The Morgan fingerprint density at radius 2 is 2.46 bits per heavy atom. The SMILES string of the molecule is CCC(N)c1ncccc1C(=O)O. The van der Waals surface area contributed by atoms with Crippen molar-refractivity contribution in [1.82, 2.24) is 4.98 Å². The molecular weight excluding hydrogens is 168 g/mol. The molecule has 0 aliphatic heterocycles. The van der Waals surface area contributed by atoms with Crippen LogP contribution in [0.25, 0.3) is 0 Å². The van der Waals surface area contributed by atoms with Crippen LogP contribution in [0.3, 0.4) is 0 Å². The van der Waals surface area contributed by atoms with Crippen LogP contribution < -0.4 is 5.73 Å². The highest BCUT2D eigenvalue weighted by atomic mass is 16.4. The maximum atomic E-state index is 10.7. The van der Waals surface area contributed by atoms with Crippen LogP contribution in [0.4, 0.5) is 0 Å². The molecule has 0 spiro atoms. The van der Waals surface area contributed by atoms with Crippen molar-refractivity contribution in [3.8, 4) is 0 Å². The van der Waals surface area contributed by atoms with Crippen molar-refractivity contribution in [2.45, 2.75) is 19.4 Å². The minimum absolute atomic E-state index is 0.192. The molecule has 1 aromatic heterocycles. The molecular formula is C9H12N2O2. The van der Waals surface area contributed by atoms with Crippen molar-refractivity contribution in [3.05, 3.63) is 29.6 Å². The Hall–Kier alpha value is -1.42. The summed E-state index contributed by atoms with van der Waals surface area (Å²) in [6.07, 6.45) is 2.23. The molecule has 0 aliphatic carbocycles. The van der Waals surface area contributed by atoms with Crippen molar-refractivity contribution in [1.29, 1.82) is 0 Å². The van der Waals surface area contributed by atoms with E-state index in [1.807, 2.05) is 6.92 Å². The molecule has 0 amide bonds. The van der Waals surface area contributed by atoms with Crippen LogP contribution >= 0.6 is 0 Å². The van der Waals surface area contributed by atoms with E-state index >= 15 is 0 Å². The van der Waals surface area contributed by atoms with Crippen LogP contribution in [0.1, 0.15) is 35.4 Å². The summed E-state index contributed by atoms with van der Waals surface area (Å²) in [4.78, 5) is 14.7. The van der Waals surface area contributed by atoms with Gasteiger partial charge in [-0.25, -0.2) is 4.79 Å². The van der Waals surface area contributed by atoms with E-state index in [0.29, 0.717) is 12.1 Å². The number of carboxylic acids is 1. The van der Waals surface area contributed by atoms with Gasteiger partial charge < -0.3 is 10.8 Å². The van der Waals surface area contributed by atoms with Crippen LogP contribution in [-0.4, -0.2) is 16.1 Å². The second-order valence-corrected chi connectivity index (χ2v) is 2.76. The fourth-order valence-corrected chi connectivity index (χ4v) is 1.09. The van der Waals surface area contributed by atoms with Gasteiger partial charge in [0.15, 0.2) is 0 Å². The maximum absolute atomic E-state index is 10.7. The summed E-state index contributed by atoms with van der Waals surface area (Å²) in [7, 11) is 0. The number of carboxylic acid groups (broad SMARTS) is 1. The van der Waals surface area contributed by atoms with Gasteiger partial charge in [0.2, 0.25) is 0 Å². The lowest BCUT2D eigenvalue weighted by molar-refractivity contribution is 0.0694. The van der Waals surface area contributed by atoms with Gasteiger partial charge in [-0.05, 0) is 18.6 Å². The number of aromatic carboxylic acids is 1. The Kier molecular flexibility index (Phi) is 2.97. The smallest absolute Gasteiger partial charge is 0.337 e. The Bertz CT molecular complexity index is 312. The maximum Gasteiger partial charge on any atom is 0.337 e. The lowest BCUT2D eigenvalue weighted by Gasteiger charge is -2.10. The molecule has 0 aliphatic rings. The highest BCUT2D eigenvalue weighted by molar-refractivity contribution is 5.88.